The van der Waals surface area contributed by atoms with Gasteiger partial charge in [-0.15, -0.1) is 0 Å². The lowest BCUT2D eigenvalue weighted by atomic mass is 10.1. The topological polar surface area (TPSA) is 55.1 Å². The molecule has 0 unspecified atom stereocenters. The van der Waals surface area contributed by atoms with E-state index in [1.165, 1.54) is 0 Å². The van der Waals surface area contributed by atoms with Crippen molar-refractivity contribution >= 4 is 65.1 Å². The molecule has 0 saturated carbocycles. The Hall–Kier alpha value is -0.850. The van der Waals surface area contributed by atoms with Gasteiger partial charge in [0.2, 0.25) is 0 Å². The van der Waals surface area contributed by atoms with Gasteiger partial charge < -0.3 is 11.1 Å². The Bertz CT molecular complexity index is 663. The van der Waals surface area contributed by atoms with Gasteiger partial charge in [-0.25, -0.2) is 0 Å². The summed E-state index contributed by atoms with van der Waals surface area (Å²) in [7, 11) is 0. The summed E-state index contributed by atoms with van der Waals surface area (Å²) < 4.78 is 2.32. The van der Waals surface area contributed by atoms with E-state index in [1.54, 1.807) is 18.2 Å². The Morgan fingerprint density at radius 2 is 1.70 bits per heavy atom. The number of nitrogens with two attached hydrogens (primary N) is 1. The summed E-state index contributed by atoms with van der Waals surface area (Å²) in [6.45, 7) is 1.90. The van der Waals surface area contributed by atoms with Gasteiger partial charge in [0.15, 0.2) is 0 Å². The summed E-state index contributed by atoms with van der Waals surface area (Å²) in [5, 5.41) is 2.88. The van der Waals surface area contributed by atoms with Crippen molar-refractivity contribution in [2.24, 2.45) is 0 Å². The van der Waals surface area contributed by atoms with Crippen LogP contribution in [0.1, 0.15) is 15.9 Å². The zero-order valence-corrected chi connectivity index (χ0v) is 15.3. The fourth-order valence-corrected chi connectivity index (χ4v) is 3.51. The van der Waals surface area contributed by atoms with Crippen LogP contribution in [0.3, 0.4) is 0 Å². The van der Waals surface area contributed by atoms with E-state index in [0.717, 1.165) is 19.0 Å². The van der Waals surface area contributed by atoms with Crippen molar-refractivity contribution in [1.82, 2.24) is 0 Å². The van der Waals surface area contributed by atoms with Crippen LogP contribution < -0.4 is 11.1 Å². The molecule has 0 bridgehead atoms. The molecular weight excluding hydrogens is 452 g/mol. The maximum atomic E-state index is 12.4. The Labute approximate surface area is 142 Å². The summed E-state index contributed by atoms with van der Waals surface area (Å²) in [4.78, 5) is 12.4. The van der Waals surface area contributed by atoms with Gasteiger partial charge in [-0.2, -0.15) is 0 Å². The van der Waals surface area contributed by atoms with Gasteiger partial charge >= 0.3 is 0 Å². The van der Waals surface area contributed by atoms with Crippen molar-refractivity contribution in [3.8, 4) is 0 Å². The Kier molecular flexibility index (Phi) is 4.88. The lowest BCUT2D eigenvalue weighted by Gasteiger charge is -2.12. The van der Waals surface area contributed by atoms with E-state index in [0.29, 0.717) is 16.9 Å². The van der Waals surface area contributed by atoms with Crippen LogP contribution in [0.2, 0.25) is 0 Å². The number of carbonyl (C=O) groups excluding carboxylic acids is 1. The monoisotopic (exact) mass is 460 g/mol. The highest BCUT2D eigenvalue weighted by Gasteiger charge is 2.14. The number of nitrogens with one attached hydrogen (secondary N) is 1. The summed E-state index contributed by atoms with van der Waals surface area (Å²) in [6.07, 6.45) is 0. The van der Waals surface area contributed by atoms with E-state index in [9.17, 15) is 4.79 Å². The van der Waals surface area contributed by atoms with E-state index in [2.05, 4.69) is 53.1 Å². The van der Waals surface area contributed by atoms with Crippen molar-refractivity contribution in [2.45, 2.75) is 6.92 Å². The predicted octanol–water partition coefficient (Wildman–Crippen LogP) is 5.12. The van der Waals surface area contributed by atoms with Crippen LogP contribution in [-0.2, 0) is 0 Å². The second-order valence-electron chi connectivity index (χ2n) is 4.27. The molecule has 104 valence electrons. The van der Waals surface area contributed by atoms with E-state index in [-0.39, 0.29) is 5.91 Å². The average Bonchev–Trinajstić information content (AvgIpc) is 2.36. The van der Waals surface area contributed by atoms with E-state index >= 15 is 0 Å². The minimum atomic E-state index is -0.171. The molecule has 1 amide bonds. The number of carbonyl (C=O) groups is 1. The molecule has 2 aromatic carbocycles. The molecule has 2 aromatic rings. The molecule has 0 aliphatic rings. The van der Waals surface area contributed by atoms with Crippen LogP contribution in [-0.4, -0.2) is 5.91 Å². The first-order chi connectivity index (χ1) is 9.38. The van der Waals surface area contributed by atoms with Crippen LogP contribution in [0.4, 0.5) is 11.4 Å². The minimum absolute atomic E-state index is 0.171. The molecule has 20 heavy (non-hydrogen) atoms. The molecule has 0 atom stereocenters. The van der Waals surface area contributed by atoms with Crippen molar-refractivity contribution in [2.75, 3.05) is 11.1 Å². The highest BCUT2D eigenvalue weighted by Crippen LogP contribution is 2.34. The van der Waals surface area contributed by atoms with Crippen molar-refractivity contribution in [3.63, 3.8) is 0 Å². The molecule has 3 nitrogen and oxygen atoms in total. The van der Waals surface area contributed by atoms with E-state index < -0.39 is 0 Å². The second kappa shape index (κ2) is 6.28. The zero-order chi connectivity index (χ0) is 14.9. The number of hydrogen-bond donors (Lipinski definition) is 2. The fraction of sp³-hybridized carbons (Fsp3) is 0.0714. The van der Waals surface area contributed by atoms with Gasteiger partial charge in [-0.3, -0.25) is 4.79 Å². The highest BCUT2D eigenvalue weighted by molar-refractivity contribution is 9.11. The SMILES string of the molecule is Cc1ccc(Br)cc1C(=O)Nc1c(Br)cc(N)cc1Br. The van der Waals surface area contributed by atoms with Crippen LogP contribution in [0.15, 0.2) is 43.7 Å². The first-order valence-corrected chi connectivity index (χ1v) is 8.08. The smallest absolute Gasteiger partial charge is 0.256 e. The molecule has 6 heteroatoms. The molecule has 0 aliphatic heterocycles. The predicted molar refractivity (Wildman–Crippen MR) is 93.1 cm³/mol. The van der Waals surface area contributed by atoms with Crippen LogP contribution >= 0.6 is 47.8 Å². The molecule has 2 rings (SSSR count). The molecule has 0 heterocycles. The number of benzene rings is 2. The van der Waals surface area contributed by atoms with Gasteiger partial charge in [0.1, 0.15) is 0 Å². The summed E-state index contributed by atoms with van der Waals surface area (Å²) in [6, 6.07) is 9.08. The van der Waals surface area contributed by atoms with Gasteiger partial charge in [0.05, 0.1) is 5.69 Å². The first kappa shape index (κ1) is 15.5. The number of nitrogen functional groups attached to an aromatic ring is 1. The van der Waals surface area contributed by atoms with Crippen LogP contribution in [0.5, 0.6) is 0 Å². The summed E-state index contributed by atoms with van der Waals surface area (Å²) in [5.74, 6) is -0.171. The van der Waals surface area contributed by atoms with Gasteiger partial charge in [0.25, 0.3) is 5.91 Å². The third kappa shape index (κ3) is 3.42. The Balaban J connectivity index is 2.35. The van der Waals surface area contributed by atoms with Crippen LogP contribution in [0.25, 0.3) is 0 Å². The first-order valence-electron chi connectivity index (χ1n) is 5.70. The molecule has 0 spiro atoms. The average molecular weight is 463 g/mol. The highest BCUT2D eigenvalue weighted by atomic mass is 79.9. The Morgan fingerprint density at radius 3 is 2.30 bits per heavy atom. The Morgan fingerprint density at radius 1 is 1.10 bits per heavy atom. The molecule has 3 N–H and O–H groups in total. The van der Waals surface area contributed by atoms with Crippen LogP contribution in [0, 0.1) is 6.92 Å². The molecule has 0 aliphatic carbocycles. The third-order valence-electron chi connectivity index (χ3n) is 2.75. The number of anilines is 2. The number of rotatable bonds is 2. The quantitative estimate of drug-likeness (QED) is 0.609. The lowest BCUT2D eigenvalue weighted by molar-refractivity contribution is 0.102. The largest absolute Gasteiger partial charge is 0.399 e. The van der Waals surface area contributed by atoms with Gasteiger partial charge in [0, 0.05) is 24.7 Å². The lowest BCUT2D eigenvalue weighted by Crippen LogP contribution is -2.14. The minimum Gasteiger partial charge on any atom is -0.399 e. The maximum absolute atomic E-state index is 12.4. The second-order valence-corrected chi connectivity index (χ2v) is 6.90. The van der Waals surface area contributed by atoms with Crippen molar-refractivity contribution in [1.29, 1.82) is 0 Å². The zero-order valence-electron chi connectivity index (χ0n) is 10.5. The fourth-order valence-electron chi connectivity index (χ4n) is 1.73. The van der Waals surface area contributed by atoms with Gasteiger partial charge in [-0.1, -0.05) is 22.0 Å². The normalized spacial score (nSPS) is 10.4. The molecule has 0 fully saturated rings. The molecule has 0 aromatic heterocycles. The molecule has 0 radical (unpaired) electrons. The number of aryl methyl sites for hydroxylation is 1. The number of hydrogen-bond acceptors (Lipinski definition) is 2. The molecule has 0 saturated heterocycles. The van der Waals surface area contributed by atoms with Crippen molar-refractivity contribution < 1.29 is 4.79 Å². The van der Waals surface area contributed by atoms with E-state index in [1.807, 2.05) is 19.1 Å². The van der Waals surface area contributed by atoms with Crippen molar-refractivity contribution in [3.05, 3.63) is 54.9 Å². The number of halogens is 3. The maximum Gasteiger partial charge on any atom is 0.256 e. The summed E-state index contributed by atoms with van der Waals surface area (Å²) >= 11 is 10.2. The third-order valence-corrected chi connectivity index (χ3v) is 4.49. The molecular formula is C14H11Br3N2O. The summed E-state index contributed by atoms with van der Waals surface area (Å²) in [5.41, 5.74) is 8.53. The standard InChI is InChI=1S/C14H11Br3N2O/c1-7-2-3-8(15)4-10(7)14(20)19-13-11(16)5-9(18)6-12(13)17/h2-6H,18H2,1H3,(H,19,20). The number of amides is 1. The van der Waals surface area contributed by atoms with Gasteiger partial charge in [-0.05, 0) is 68.6 Å². The van der Waals surface area contributed by atoms with E-state index in [4.69, 9.17) is 5.73 Å².